The molecule has 2 fully saturated rings. The normalized spacial score (nSPS) is 22.6. The van der Waals surface area contributed by atoms with Gasteiger partial charge in [-0.05, 0) is 63.8 Å². The Morgan fingerprint density at radius 3 is 2.52 bits per heavy atom. The molecule has 0 bridgehead atoms. The largest absolute Gasteiger partial charge is 0.490 e. The Hall–Kier alpha value is -1.75. The summed E-state index contributed by atoms with van der Waals surface area (Å²) in [5, 5.41) is 3.05. The molecule has 0 saturated carbocycles. The summed E-state index contributed by atoms with van der Waals surface area (Å²) < 4.78 is 6.07. The minimum atomic E-state index is 0.0545. The molecule has 2 saturated heterocycles. The van der Waals surface area contributed by atoms with Crippen LogP contribution in [-0.4, -0.2) is 54.7 Å². The first kappa shape index (κ1) is 18.1. The van der Waals surface area contributed by atoms with E-state index < -0.39 is 0 Å². The van der Waals surface area contributed by atoms with Gasteiger partial charge in [-0.3, -0.25) is 0 Å². The number of hydrogen-bond donors (Lipinski definition) is 1. The molecule has 0 aromatic heterocycles. The van der Waals surface area contributed by atoms with E-state index in [1.807, 2.05) is 29.2 Å². The van der Waals surface area contributed by atoms with E-state index in [1.54, 1.807) is 0 Å². The summed E-state index contributed by atoms with van der Waals surface area (Å²) in [7, 11) is 2.16. The third-order valence-electron chi connectivity index (χ3n) is 5.40. The third kappa shape index (κ3) is 5.11. The molecule has 0 unspecified atom stereocenters. The van der Waals surface area contributed by atoms with Crippen LogP contribution in [0, 0.1) is 0 Å². The van der Waals surface area contributed by atoms with Gasteiger partial charge in [0.1, 0.15) is 11.9 Å². The predicted octanol–water partition coefficient (Wildman–Crippen LogP) is 3.24. The van der Waals surface area contributed by atoms with Gasteiger partial charge in [0, 0.05) is 32.2 Å². The van der Waals surface area contributed by atoms with Crippen LogP contribution in [0.5, 0.6) is 5.75 Å². The van der Waals surface area contributed by atoms with Gasteiger partial charge in [-0.25, -0.2) is 4.79 Å². The van der Waals surface area contributed by atoms with Crippen molar-refractivity contribution in [3.63, 3.8) is 0 Å². The Labute approximate surface area is 151 Å². The minimum Gasteiger partial charge on any atom is -0.490 e. The van der Waals surface area contributed by atoms with Crippen LogP contribution >= 0.6 is 0 Å². The maximum Gasteiger partial charge on any atom is 0.317 e. The minimum absolute atomic E-state index is 0.0545. The average Bonchev–Trinajstić information content (AvgIpc) is 2.63. The number of carbonyl (C=O) groups excluding carboxylic acids is 1. The van der Waals surface area contributed by atoms with Crippen LogP contribution in [0.4, 0.5) is 4.79 Å². The summed E-state index contributed by atoms with van der Waals surface area (Å²) in [4.78, 5) is 16.6. The molecule has 3 rings (SSSR count). The summed E-state index contributed by atoms with van der Waals surface area (Å²) in [6.07, 6.45) is 5.94. The standard InChI is InChI=1S/C20H31N3O2/c1-16-5-3-4-12-23(16)20(24)21-15-17-6-8-18(9-7-17)25-19-10-13-22(2)14-11-19/h6-9,16,19H,3-5,10-15H2,1-2H3,(H,21,24)/t16-/m0/s1. The highest BCUT2D eigenvalue weighted by Crippen LogP contribution is 2.19. The van der Waals surface area contributed by atoms with E-state index in [0.29, 0.717) is 18.7 Å². The lowest BCUT2D eigenvalue weighted by Gasteiger charge is -2.33. The van der Waals surface area contributed by atoms with Crippen molar-refractivity contribution < 1.29 is 9.53 Å². The summed E-state index contributed by atoms with van der Waals surface area (Å²) in [6.45, 7) is 5.77. The highest BCUT2D eigenvalue weighted by atomic mass is 16.5. The number of ether oxygens (including phenoxy) is 1. The molecule has 5 heteroatoms. The molecule has 2 aliphatic heterocycles. The zero-order chi connectivity index (χ0) is 17.6. The van der Waals surface area contributed by atoms with Gasteiger partial charge in [-0.15, -0.1) is 0 Å². The summed E-state index contributed by atoms with van der Waals surface area (Å²) >= 11 is 0. The zero-order valence-corrected chi connectivity index (χ0v) is 15.5. The molecular weight excluding hydrogens is 314 g/mol. The van der Waals surface area contributed by atoms with Crippen LogP contribution in [0.25, 0.3) is 0 Å². The first-order valence-electron chi connectivity index (χ1n) is 9.60. The van der Waals surface area contributed by atoms with Crippen molar-refractivity contribution in [2.45, 2.75) is 57.7 Å². The van der Waals surface area contributed by atoms with E-state index in [-0.39, 0.29) is 6.03 Å². The highest BCUT2D eigenvalue weighted by Gasteiger charge is 2.22. The molecule has 0 radical (unpaired) electrons. The van der Waals surface area contributed by atoms with Gasteiger partial charge in [0.05, 0.1) is 0 Å². The lowest BCUT2D eigenvalue weighted by Crippen LogP contribution is -2.47. The fourth-order valence-electron chi connectivity index (χ4n) is 3.66. The summed E-state index contributed by atoms with van der Waals surface area (Å²) in [6, 6.07) is 8.53. The number of urea groups is 1. The first-order valence-corrected chi connectivity index (χ1v) is 9.60. The Kier molecular flexibility index (Phi) is 6.19. The topological polar surface area (TPSA) is 44.8 Å². The molecule has 0 aliphatic carbocycles. The summed E-state index contributed by atoms with van der Waals surface area (Å²) in [5.41, 5.74) is 1.11. The van der Waals surface area contributed by atoms with Crippen LogP contribution in [0.3, 0.4) is 0 Å². The maximum absolute atomic E-state index is 12.3. The second kappa shape index (κ2) is 8.56. The third-order valence-corrected chi connectivity index (χ3v) is 5.40. The van der Waals surface area contributed by atoms with E-state index in [2.05, 4.69) is 24.2 Å². The van der Waals surface area contributed by atoms with Crippen LogP contribution in [0.1, 0.15) is 44.6 Å². The fraction of sp³-hybridized carbons (Fsp3) is 0.650. The Morgan fingerprint density at radius 1 is 1.12 bits per heavy atom. The lowest BCUT2D eigenvalue weighted by molar-refractivity contribution is 0.114. The molecule has 5 nitrogen and oxygen atoms in total. The molecular formula is C20H31N3O2. The van der Waals surface area contributed by atoms with E-state index in [4.69, 9.17) is 4.74 Å². The fourth-order valence-corrected chi connectivity index (χ4v) is 3.66. The van der Waals surface area contributed by atoms with Gasteiger partial charge >= 0.3 is 6.03 Å². The molecule has 25 heavy (non-hydrogen) atoms. The van der Waals surface area contributed by atoms with Gasteiger partial charge in [0.15, 0.2) is 0 Å². The highest BCUT2D eigenvalue weighted by molar-refractivity contribution is 5.74. The number of likely N-dealkylation sites (tertiary alicyclic amines) is 2. The maximum atomic E-state index is 12.3. The molecule has 2 heterocycles. The van der Waals surface area contributed by atoms with Gasteiger partial charge in [0.25, 0.3) is 0 Å². The van der Waals surface area contributed by atoms with Crippen molar-refractivity contribution in [3.05, 3.63) is 29.8 Å². The lowest BCUT2D eigenvalue weighted by atomic mass is 10.0. The van der Waals surface area contributed by atoms with Crippen LogP contribution in [-0.2, 0) is 6.54 Å². The average molecular weight is 345 g/mol. The molecule has 1 N–H and O–H groups in total. The summed E-state index contributed by atoms with van der Waals surface area (Å²) in [5.74, 6) is 0.925. The van der Waals surface area contributed by atoms with Crippen LogP contribution < -0.4 is 10.1 Å². The molecule has 1 aromatic rings. The number of rotatable bonds is 4. The van der Waals surface area contributed by atoms with Gasteiger partial charge in [-0.1, -0.05) is 12.1 Å². The van der Waals surface area contributed by atoms with Crippen molar-refractivity contribution in [2.75, 3.05) is 26.7 Å². The number of benzene rings is 1. The van der Waals surface area contributed by atoms with Crippen molar-refractivity contribution in [1.82, 2.24) is 15.1 Å². The number of hydrogen-bond acceptors (Lipinski definition) is 3. The van der Waals surface area contributed by atoms with Crippen molar-refractivity contribution in [3.8, 4) is 5.75 Å². The molecule has 1 atom stereocenters. The number of amides is 2. The first-order chi connectivity index (χ1) is 12.1. The molecule has 138 valence electrons. The second-order valence-corrected chi connectivity index (χ2v) is 7.46. The van der Waals surface area contributed by atoms with E-state index in [0.717, 1.165) is 56.6 Å². The second-order valence-electron chi connectivity index (χ2n) is 7.46. The Balaban J connectivity index is 1.45. The van der Waals surface area contributed by atoms with Gasteiger partial charge in [-0.2, -0.15) is 0 Å². The van der Waals surface area contributed by atoms with Crippen molar-refractivity contribution >= 4 is 6.03 Å². The van der Waals surface area contributed by atoms with E-state index >= 15 is 0 Å². The van der Waals surface area contributed by atoms with E-state index in [9.17, 15) is 4.79 Å². The molecule has 0 spiro atoms. The SMILES string of the molecule is C[C@H]1CCCCN1C(=O)NCc1ccc(OC2CCN(C)CC2)cc1. The van der Waals surface area contributed by atoms with Crippen molar-refractivity contribution in [2.24, 2.45) is 0 Å². The monoisotopic (exact) mass is 345 g/mol. The van der Waals surface area contributed by atoms with Crippen LogP contribution in [0.15, 0.2) is 24.3 Å². The van der Waals surface area contributed by atoms with Gasteiger partial charge < -0.3 is 19.9 Å². The Bertz CT molecular complexity index is 553. The van der Waals surface area contributed by atoms with Crippen LogP contribution in [0.2, 0.25) is 0 Å². The predicted molar refractivity (Wildman–Crippen MR) is 99.8 cm³/mol. The molecule has 2 amide bonds. The smallest absolute Gasteiger partial charge is 0.317 e. The van der Waals surface area contributed by atoms with Gasteiger partial charge in [0.2, 0.25) is 0 Å². The Morgan fingerprint density at radius 2 is 1.84 bits per heavy atom. The number of nitrogens with zero attached hydrogens (tertiary/aromatic N) is 2. The zero-order valence-electron chi connectivity index (χ0n) is 15.5. The molecule has 2 aliphatic rings. The molecule has 1 aromatic carbocycles. The number of carbonyl (C=O) groups is 1. The van der Waals surface area contributed by atoms with E-state index in [1.165, 1.54) is 6.42 Å². The number of nitrogens with one attached hydrogen (secondary N) is 1. The quantitative estimate of drug-likeness (QED) is 0.911. The number of piperidine rings is 2. The van der Waals surface area contributed by atoms with Crippen molar-refractivity contribution in [1.29, 1.82) is 0 Å².